The van der Waals surface area contributed by atoms with Gasteiger partial charge in [0.15, 0.2) is 0 Å². The van der Waals surface area contributed by atoms with E-state index in [1.54, 1.807) is 0 Å². The van der Waals surface area contributed by atoms with Gasteiger partial charge in [0.05, 0.1) is 12.5 Å². The zero-order valence-corrected chi connectivity index (χ0v) is 10.9. The largest absolute Gasteiger partial charge is 0.481 e. The van der Waals surface area contributed by atoms with E-state index in [9.17, 15) is 4.79 Å². The van der Waals surface area contributed by atoms with Crippen molar-refractivity contribution in [2.75, 3.05) is 13.1 Å². The molecule has 2 heterocycles. The van der Waals surface area contributed by atoms with Crippen LogP contribution in [0, 0.1) is 0 Å². The Balaban J connectivity index is 2.03. The van der Waals surface area contributed by atoms with Crippen molar-refractivity contribution in [1.82, 2.24) is 10.1 Å². The second kappa shape index (κ2) is 5.52. The summed E-state index contributed by atoms with van der Waals surface area (Å²) in [6.07, 6.45) is 2.31. The molecule has 1 saturated heterocycles. The van der Waals surface area contributed by atoms with Gasteiger partial charge >= 0.3 is 5.97 Å². The van der Waals surface area contributed by atoms with Gasteiger partial charge in [0.1, 0.15) is 11.5 Å². The van der Waals surface area contributed by atoms with E-state index in [1.165, 1.54) is 0 Å². The summed E-state index contributed by atoms with van der Waals surface area (Å²) < 4.78 is 5.32. The van der Waals surface area contributed by atoms with Crippen LogP contribution in [-0.2, 0) is 4.79 Å². The van der Waals surface area contributed by atoms with Crippen LogP contribution in [0.5, 0.6) is 0 Å². The zero-order chi connectivity index (χ0) is 13.1. The molecular weight excluding hydrogens is 232 g/mol. The smallest absolute Gasteiger partial charge is 0.304 e. The lowest BCUT2D eigenvalue weighted by molar-refractivity contribution is -0.137. The van der Waals surface area contributed by atoms with E-state index in [4.69, 9.17) is 9.63 Å². The molecule has 0 unspecified atom stereocenters. The Morgan fingerprint density at radius 3 is 3.06 bits per heavy atom. The van der Waals surface area contributed by atoms with E-state index >= 15 is 0 Å². The minimum Gasteiger partial charge on any atom is -0.481 e. The summed E-state index contributed by atoms with van der Waals surface area (Å²) in [5.41, 5.74) is 0.946. The average Bonchev–Trinajstić information content (AvgIpc) is 2.94. The highest BCUT2D eigenvalue weighted by Crippen LogP contribution is 2.32. The lowest BCUT2D eigenvalue weighted by Gasteiger charge is -2.21. The Morgan fingerprint density at radius 2 is 2.44 bits per heavy atom. The van der Waals surface area contributed by atoms with Crippen molar-refractivity contribution >= 4 is 5.97 Å². The van der Waals surface area contributed by atoms with Crippen molar-refractivity contribution in [3.05, 3.63) is 17.5 Å². The van der Waals surface area contributed by atoms with Crippen LogP contribution < -0.4 is 0 Å². The summed E-state index contributed by atoms with van der Waals surface area (Å²) >= 11 is 0. The predicted octanol–water partition coefficient (Wildman–Crippen LogP) is 2.41. The third-order valence-corrected chi connectivity index (χ3v) is 3.43. The van der Waals surface area contributed by atoms with Gasteiger partial charge < -0.3 is 9.63 Å². The highest BCUT2D eigenvalue weighted by molar-refractivity contribution is 5.66. The Morgan fingerprint density at radius 1 is 1.67 bits per heavy atom. The van der Waals surface area contributed by atoms with Gasteiger partial charge in [0.25, 0.3) is 0 Å². The summed E-state index contributed by atoms with van der Waals surface area (Å²) in [5, 5.41) is 12.9. The fourth-order valence-electron chi connectivity index (χ4n) is 2.40. The van der Waals surface area contributed by atoms with E-state index in [1.807, 2.05) is 6.07 Å². The second-order valence-corrected chi connectivity index (χ2v) is 5.15. The first-order chi connectivity index (χ1) is 8.58. The molecule has 1 fully saturated rings. The van der Waals surface area contributed by atoms with Crippen LogP contribution in [0.15, 0.2) is 10.6 Å². The molecule has 1 aromatic rings. The third-order valence-electron chi connectivity index (χ3n) is 3.43. The molecule has 1 aliphatic heterocycles. The van der Waals surface area contributed by atoms with Gasteiger partial charge in [-0.3, -0.25) is 9.69 Å². The van der Waals surface area contributed by atoms with Crippen molar-refractivity contribution in [1.29, 1.82) is 0 Å². The number of nitrogens with zero attached hydrogens (tertiary/aromatic N) is 2. The molecule has 5 nitrogen and oxygen atoms in total. The summed E-state index contributed by atoms with van der Waals surface area (Å²) in [6.45, 7) is 5.67. The zero-order valence-electron chi connectivity index (χ0n) is 10.9. The summed E-state index contributed by atoms with van der Waals surface area (Å²) in [7, 11) is 0. The molecule has 1 N–H and O–H groups in total. The molecule has 0 bridgehead atoms. The molecule has 0 aliphatic carbocycles. The van der Waals surface area contributed by atoms with E-state index in [0.717, 1.165) is 30.8 Å². The Bertz CT molecular complexity index is 414. The molecule has 100 valence electrons. The highest BCUT2D eigenvalue weighted by atomic mass is 16.5. The number of rotatable bonds is 5. The molecule has 0 saturated carbocycles. The number of likely N-dealkylation sites (tertiary alicyclic amines) is 1. The van der Waals surface area contributed by atoms with Gasteiger partial charge in [-0.25, -0.2) is 0 Å². The Hall–Kier alpha value is -1.36. The van der Waals surface area contributed by atoms with Gasteiger partial charge in [-0.1, -0.05) is 19.0 Å². The number of carboxylic acids is 1. The molecule has 1 aromatic heterocycles. The molecule has 0 amide bonds. The monoisotopic (exact) mass is 252 g/mol. The van der Waals surface area contributed by atoms with Crippen molar-refractivity contribution in [2.24, 2.45) is 0 Å². The fourth-order valence-corrected chi connectivity index (χ4v) is 2.40. The van der Waals surface area contributed by atoms with Gasteiger partial charge in [0.2, 0.25) is 0 Å². The van der Waals surface area contributed by atoms with Crippen LogP contribution in [-0.4, -0.2) is 34.2 Å². The SMILES string of the molecule is CC(C)c1cc([C@@H]2CCCN2CCC(=O)O)no1. The van der Waals surface area contributed by atoms with Crippen molar-refractivity contribution < 1.29 is 14.4 Å². The van der Waals surface area contributed by atoms with Crippen LogP contribution in [0.1, 0.15) is 56.5 Å². The van der Waals surface area contributed by atoms with E-state index in [2.05, 4.69) is 23.9 Å². The molecular formula is C13H20N2O3. The van der Waals surface area contributed by atoms with Crippen LogP contribution >= 0.6 is 0 Å². The standard InChI is InChI=1S/C13H20N2O3/c1-9(2)12-8-10(14-18-12)11-4-3-6-15(11)7-5-13(16)17/h8-9,11H,3-7H2,1-2H3,(H,16,17)/t11-/m0/s1. The van der Waals surface area contributed by atoms with Gasteiger partial charge in [0, 0.05) is 18.5 Å². The Kier molecular flexibility index (Phi) is 4.01. The molecule has 0 radical (unpaired) electrons. The lowest BCUT2D eigenvalue weighted by Crippen LogP contribution is -2.26. The first-order valence-electron chi connectivity index (χ1n) is 6.50. The number of aliphatic carboxylic acids is 1. The van der Waals surface area contributed by atoms with Gasteiger partial charge in [-0.15, -0.1) is 0 Å². The van der Waals surface area contributed by atoms with Gasteiger partial charge in [-0.05, 0) is 19.4 Å². The summed E-state index contributed by atoms with van der Waals surface area (Å²) in [6, 6.07) is 2.23. The summed E-state index contributed by atoms with van der Waals surface area (Å²) in [4.78, 5) is 12.8. The van der Waals surface area contributed by atoms with Crippen LogP contribution in [0.25, 0.3) is 0 Å². The predicted molar refractivity (Wildman–Crippen MR) is 66.4 cm³/mol. The number of carboxylic acid groups (broad SMARTS) is 1. The number of carbonyl (C=O) groups is 1. The third kappa shape index (κ3) is 2.90. The van der Waals surface area contributed by atoms with E-state index < -0.39 is 5.97 Å². The minimum atomic E-state index is -0.747. The first-order valence-corrected chi connectivity index (χ1v) is 6.50. The van der Waals surface area contributed by atoms with E-state index in [-0.39, 0.29) is 12.5 Å². The van der Waals surface area contributed by atoms with E-state index in [0.29, 0.717) is 12.5 Å². The maximum atomic E-state index is 10.6. The first kappa shape index (κ1) is 13.1. The number of aromatic nitrogens is 1. The molecule has 2 rings (SSSR count). The van der Waals surface area contributed by atoms with Crippen LogP contribution in [0.3, 0.4) is 0 Å². The van der Waals surface area contributed by atoms with Crippen molar-refractivity contribution in [3.63, 3.8) is 0 Å². The van der Waals surface area contributed by atoms with Gasteiger partial charge in [-0.2, -0.15) is 0 Å². The molecule has 0 spiro atoms. The Labute approximate surface area is 107 Å². The minimum absolute atomic E-state index is 0.186. The van der Waals surface area contributed by atoms with Crippen molar-refractivity contribution in [2.45, 2.75) is 45.1 Å². The second-order valence-electron chi connectivity index (χ2n) is 5.15. The normalized spacial score (nSPS) is 20.7. The highest BCUT2D eigenvalue weighted by Gasteiger charge is 2.29. The van der Waals surface area contributed by atoms with Crippen molar-refractivity contribution in [3.8, 4) is 0 Å². The fraction of sp³-hybridized carbons (Fsp3) is 0.692. The lowest BCUT2D eigenvalue weighted by atomic mass is 10.1. The average molecular weight is 252 g/mol. The number of hydrogen-bond donors (Lipinski definition) is 1. The quantitative estimate of drug-likeness (QED) is 0.871. The molecule has 5 heteroatoms. The maximum absolute atomic E-state index is 10.6. The summed E-state index contributed by atoms with van der Waals surface area (Å²) in [5.74, 6) is 0.485. The topological polar surface area (TPSA) is 66.6 Å². The molecule has 18 heavy (non-hydrogen) atoms. The molecule has 1 atom stereocenters. The number of hydrogen-bond acceptors (Lipinski definition) is 4. The molecule has 1 aliphatic rings. The van der Waals surface area contributed by atoms with Crippen LogP contribution in [0.4, 0.5) is 0 Å². The molecule has 0 aromatic carbocycles. The maximum Gasteiger partial charge on any atom is 0.304 e. The van der Waals surface area contributed by atoms with Crippen LogP contribution in [0.2, 0.25) is 0 Å².